The zero-order chi connectivity index (χ0) is 10.7. The molecule has 0 radical (unpaired) electrons. The standard InChI is InChI=1S/C11H13ClOS/c1-3-8-4-9(6-10(14)5-8)11(12)7(2)13/h4-6,11,14H,3H2,1-2H3. The summed E-state index contributed by atoms with van der Waals surface area (Å²) in [6, 6.07) is 5.77. The fourth-order valence-corrected chi connectivity index (χ4v) is 1.73. The third-order valence-corrected chi connectivity index (χ3v) is 2.88. The molecule has 3 heteroatoms. The Morgan fingerprint density at radius 3 is 2.64 bits per heavy atom. The summed E-state index contributed by atoms with van der Waals surface area (Å²) in [6.07, 6.45) is 0.920. The van der Waals surface area contributed by atoms with Gasteiger partial charge in [0.05, 0.1) is 0 Å². The third-order valence-electron chi connectivity index (χ3n) is 2.06. The van der Waals surface area contributed by atoms with Crippen LogP contribution in [0.2, 0.25) is 0 Å². The van der Waals surface area contributed by atoms with E-state index in [0.717, 1.165) is 22.4 Å². The Labute approximate surface area is 94.9 Å². The number of Topliss-reactive ketones (excluding diaryl/α,β-unsaturated/α-hetero) is 1. The molecule has 0 fully saturated rings. The van der Waals surface area contributed by atoms with Gasteiger partial charge in [0.15, 0.2) is 5.78 Å². The van der Waals surface area contributed by atoms with Gasteiger partial charge in [-0.05, 0) is 36.6 Å². The lowest BCUT2D eigenvalue weighted by atomic mass is 10.0. The molecule has 1 nitrogen and oxygen atoms in total. The molecule has 0 aromatic heterocycles. The molecular weight excluding hydrogens is 216 g/mol. The molecule has 0 saturated carbocycles. The van der Waals surface area contributed by atoms with Gasteiger partial charge in [-0.25, -0.2) is 0 Å². The number of alkyl halides is 1. The number of benzene rings is 1. The summed E-state index contributed by atoms with van der Waals surface area (Å²) in [5.41, 5.74) is 1.99. The fraction of sp³-hybridized carbons (Fsp3) is 0.364. The van der Waals surface area contributed by atoms with Gasteiger partial charge in [0.2, 0.25) is 0 Å². The first-order valence-electron chi connectivity index (χ1n) is 4.52. The molecule has 0 N–H and O–H groups in total. The van der Waals surface area contributed by atoms with Crippen molar-refractivity contribution in [2.75, 3.05) is 0 Å². The molecule has 0 aliphatic carbocycles. The maximum Gasteiger partial charge on any atom is 0.152 e. The SMILES string of the molecule is CCc1cc(S)cc(C(Cl)C(C)=O)c1. The molecule has 0 spiro atoms. The van der Waals surface area contributed by atoms with Gasteiger partial charge in [0, 0.05) is 4.90 Å². The van der Waals surface area contributed by atoms with E-state index in [9.17, 15) is 4.79 Å². The van der Waals surface area contributed by atoms with Gasteiger partial charge in [-0.2, -0.15) is 0 Å². The van der Waals surface area contributed by atoms with Crippen LogP contribution in [0.15, 0.2) is 23.1 Å². The zero-order valence-corrected chi connectivity index (χ0v) is 9.90. The van der Waals surface area contributed by atoms with E-state index in [1.165, 1.54) is 6.92 Å². The highest BCUT2D eigenvalue weighted by molar-refractivity contribution is 7.80. The van der Waals surface area contributed by atoms with Crippen LogP contribution < -0.4 is 0 Å². The van der Waals surface area contributed by atoms with Crippen molar-refractivity contribution in [3.63, 3.8) is 0 Å². The van der Waals surface area contributed by atoms with Crippen LogP contribution in [0.4, 0.5) is 0 Å². The molecule has 1 aromatic carbocycles. The maximum atomic E-state index is 11.1. The van der Waals surface area contributed by atoms with Crippen molar-refractivity contribution >= 4 is 30.0 Å². The largest absolute Gasteiger partial charge is 0.298 e. The molecule has 0 aliphatic heterocycles. The Kier molecular flexibility index (Phi) is 4.02. The number of hydrogen-bond donors (Lipinski definition) is 1. The summed E-state index contributed by atoms with van der Waals surface area (Å²) in [5.74, 6) is -0.0346. The summed E-state index contributed by atoms with van der Waals surface area (Å²) in [7, 11) is 0. The first-order chi connectivity index (χ1) is 6.54. The van der Waals surface area contributed by atoms with Crippen LogP contribution in [0.3, 0.4) is 0 Å². The number of carbonyl (C=O) groups excluding carboxylic acids is 1. The molecule has 0 aliphatic rings. The average molecular weight is 229 g/mol. The molecule has 76 valence electrons. The minimum Gasteiger partial charge on any atom is -0.298 e. The first kappa shape index (κ1) is 11.6. The van der Waals surface area contributed by atoms with Crippen LogP contribution in [0.25, 0.3) is 0 Å². The molecule has 0 amide bonds. The number of thiol groups is 1. The quantitative estimate of drug-likeness (QED) is 0.620. The number of rotatable bonds is 3. The van der Waals surface area contributed by atoms with E-state index in [4.69, 9.17) is 11.6 Å². The number of carbonyl (C=O) groups is 1. The summed E-state index contributed by atoms with van der Waals surface area (Å²) >= 11 is 10.2. The highest BCUT2D eigenvalue weighted by Gasteiger charge is 2.13. The lowest BCUT2D eigenvalue weighted by molar-refractivity contribution is -0.116. The molecule has 1 atom stereocenters. The van der Waals surface area contributed by atoms with Crippen molar-refractivity contribution in [3.05, 3.63) is 29.3 Å². The molecule has 0 bridgehead atoms. The molecule has 1 rings (SSSR count). The van der Waals surface area contributed by atoms with Gasteiger partial charge in [-0.3, -0.25) is 4.79 Å². The van der Waals surface area contributed by atoms with Gasteiger partial charge in [0.1, 0.15) is 5.38 Å². The second kappa shape index (κ2) is 4.85. The molecular formula is C11H13ClOS. The molecule has 0 saturated heterocycles. The van der Waals surface area contributed by atoms with Crippen molar-refractivity contribution in [2.45, 2.75) is 30.5 Å². The number of ketones is 1. The minimum atomic E-state index is -0.549. The first-order valence-corrected chi connectivity index (χ1v) is 5.40. The Morgan fingerprint density at radius 1 is 1.50 bits per heavy atom. The van der Waals surface area contributed by atoms with Crippen molar-refractivity contribution in [1.82, 2.24) is 0 Å². The van der Waals surface area contributed by atoms with Gasteiger partial charge in [0.25, 0.3) is 0 Å². The predicted octanol–water partition coefficient (Wildman–Crippen LogP) is 3.41. The highest BCUT2D eigenvalue weighted by Crippen LogP contribution is 2.25. The monoisotopic (exact) mass is 228 g/mol. The summed E-state index contributed by atoms with van der Waals surface area (Å²) in [5, 5.41) is -0.549. The van der Waals surface area contributed by atoms with Crippen LogP contribution in [-0.4, -0.2) is 5.78 Å². The Bertz CT molecular complexity index is 349. The lowest BCUT2D eigenvalue weighted by Crippen LogP contribution is -2.02. The highest BCUT2D eigenvalue weighted by atomic mass is 35.5. The third kappa shape index (κ3) is 2.76. The van der Waals surface area contributed by atoms with Crippen LogP contribution >= 0.6 is 24.2 Å². The van der Waals surface area contributed by atoms with E-state index in [2.05, 4.69) is 19.6 Å². The number of aryl methyl sites for hydroxylation is 1. The van der Waals surface area contributed by atoms with Crippen molar-refractivity contribution in [3.8, 4) is 0 Å². The molecule has 0 heterocycles. The van der Waals surface area contributed by atoms with E-state index in [1.807, 2.05) is 18.2 Å². The molecule has 1 unspecified atom stereocenters. The Hall–Kier alpha value is -0.470. The lowest BCUT2D eigenvalue weighted by Gasteiger charge is -2.08. The van der Waals surface area contributed by atoms with Crippen LogP contribution in [0.5, 0.6) is 0 Å². The molecule has 1 aromatic rings. The van der Waals surface area contributed by atoms with Gasteiger partial charge in [-0.15, -0.1) is 24.2 Å². The smallest absolute Gasteiger partial charge is 0.152 e. The van der Waals surface area contributed by atoms with Gasteiger partial charge >= 0.3 is 0 Å². The van der Waals surface area contributed by atoms with Crippen molar-refractivity contribution in [2.24, 2.45) is 0 Å². The number of hydrogen-bond acceptors (Lipinski definition) is 2. The van der Waals surface area contributed by atoms with Gasteiger partial charge < -0.3 is 0 Å². The van der Waals surface area contributed by atoms with Crippen molar-refractivity contribution < 1.29 is 4.79 Å². The predicted molar refractivity (Wildman–Crippen MR) is 62.3 cm³/mol. The molecule has 14 heavy (non-hydrogen) atoms. The second-order valence-electron chi connectivity index (χ2n) is 3.26. The summed E-state index contributed by atoms with van der Waals surface area (Å²) in [6.45, 7) is 3.55. The Balaban J connectivity index is 3.08. The van der Waals surface area contributed by atoms with E-state index >= 15 is 0 Å². The van der Waals surface area contributed by atoms with E-state index in [0.29, 0.717) is 0 Å². The summed E-state index contributed by atoms with van der Waals surface area (Å²) < 4.78 is 0. The van der Waals surface area contributed by atoms with Crippen LogP contribution in [0, 0.1) is 0 Å². The van der Waals surface area contributed by atoms with Crippen molar-refractivity contribution in [1.29, 1.82) is 0 Å². The maximum absolute atomic E-state index is 11.1. The average Bonchev–Trinajstić information content (AvgIpc) is 2.15. The summed E-state index contributed by atoms with van der Waals surface area (Å²) in [4.78, 5) is 12.0. The van der Waals surface area contributed by atoms with E-state index < -0.39 is 5.38 Å². The normalized spacial score (nSPS) is 12.6. The van der Waals surface area contributed by atoms with E-state index in [-0.39, 0.29) is 5.78 Å². The van der Waals surface area contributed by atoms with Crippen LogP contribution in [0.1, 0.15) is 30.4 Å². The number of halogens is 1. The van der Waals surface area contributed by atoms with Gasteiger partial charge in [-0.1, -0.05) is 13.0 Å². The Morgan fingerprint density at radius 2 is 2.14 bits per heavy atom. The second-order valence-corrected chi connectivity index (χ2v) is 4.21. The fourth-order valence-electron chi connectivity index (χ4n) is 1.28. The van der Waals surface area contributed by atoms with E-state index in [1.54, 1.807) is 0 Å². The van der Waals surface area contributed by atoms with Crippen LogP contribution in [-0.2, 0) is 11.2 Å². The minimum absolute atomic E-state index is 0.0346. The topological polar surface area (TPSA) is 17.1 Å². The zero-order valence-electron chi connectivity index (χ0n) is 8.25.